The summed E-state index contributed by atoms with van der Waals surface area (Å²) >= 11 is 1.68. The minimum absolute atomic E-state index is 0.618. The average molecular weight is 314 g/mol. The zero-order valence-corrected chi connectivity index (χ0v) is 13.5. The number of thioether (sulfide) groups is 1. The lowest BCUT2D eigenvalue weighted by atomic mass is 9.98. The maximum atomic E-state index is 5.80. The van der Waals surface area contributed by atoms with Gasteiger partial charge in [0.25, 0.3) is 0 Å². The molecule has 1 heterocycles. The summed E-state index contributed by atoms with van der Waals surface area (Å²) in [5.41, 5.74) is 2.91. The van der Waals surface area contributed by atoms with Gasteiger partial charge >= 0.3 is 0 Å². The number of ether oxygens (including phenoxy) is 3. The van der Waals surface area contributed by atoms with Crippen molar-refractivity contribution in [2.45, 2.75) is 11.8 Å². The molecule has 3 rings (SSSR count). The molecule has 0 aromatic heterocycles. The molecule has 1 aliphatic heterocycles. The molecule has 0 aliphatic carbocycles. The first-order valence-corrected chi connectivity index (χ1v) is 8.11. The predicted molar refractivity (Wildman–Crippen MR) is 90.1 cm³/mol. The molecule has 0 saturated carbocycles. The quantitative estimate of drug-likeness (QED) is 0.806. The zero-order chi connectivity index (χ0) is 15.5. The fraction of sp³-hybridized carbons (Fsp3) is 0.222. The molecule has 0 saturated heterocycles. The van der Waals surface area contributed by atoms with Crippen molar-refractivity contribution in [1.29, 1.82) is 0 Å². The molecule has 0 N–H and O–H groups in total. The van der Waals surface area contributed by atoms with E-state index >= 15 is 0 Å². The van der Waals surface area contributed by atoms with Gasteiger partial charge in [-0.3, -0.25) is 0 Å². The molecule has 2 aromatic rings. The van der Waals surface area contributed by atoms with Gasteiger partial charge in [0.2, 0.25) is 0 Å². The average Bonchev–Trinajstić information content (AvgIpc) is 3.01. The Morgan fingerprint density at radius 3 is 2.73 bits per heavy atom. The molecule has 0 unspecified atom stereocenters. The summed E-state index contributed by atoms with van der Waals surface area (Å²) in [6.07, 6.45) is 0. The van der Waals surface area contributed by atoms with E-state index in [1.165, 1.54) is 0 Å². The van der Waals surface area contributed by atoms with E-state index in [1.54, 1.807) is 18.9 Å². The normalized spacial score (nSPS) is 12.5. The molecule has 0 atom stereocenters. The van der Waals surface area contributed by atoms with Crippen LogP contribution in [0.1, 0.15) is 18.1 Å². The fourth-order valence-corrected chi connectivity index (χ4v) is 3.15. The molecule has 2 aromatic carbocycles. The van der Waals surface area contributed by atoms with Gasteiger partial charge in [0.1, 0.15) is 23.2 Å². The Balaban J connectivity index is 1.99. The van der Waals surface area contributed by atoms with Crippen LogP contribution < -0.4 is 14.2 Å². The third-order valence-corrected chi connectivity index (χ3v) is 4.40. The molecule has 0 fully saturated rings. The molecule has 0 radical (unpaired) electrons. The fourth-order valence-electron chi connectivity index (χ4n) is 2.38. The van der Waals surface area contributed by atoms with Gasteiger partial charge in [-0.25, -0.2) is 0 Å². The highest BCUT2D eigenvalue weighted by Gasteiger charge is 2.19. The van der Waals surface area contributed by atoms with Gasteiger partial charge in [0, 0.05) is 5.56 Å². The second-order valence-corrected chi connectivity index (χ2v) is 5.81. The summed E-state index contributed by atoms with van der Waals surface area (Å²) < 4.78 is 16.6. The van der Waals surface area contributed by atoms with Gasteiger partial charge in [-0.05, 0) is 42.3 Å². The lowest BCUT2D eigenvalue weighted by Gasteiger charge is -2.14. The van der Waals surface area contributed by atoms with E-state index in [-0.39, 0.29) is 0 Å². The molecule has 1 aliphatic rings. The van der Waals surface area contributed by atoms with Gasteiger partial charge in [-0.15, -0.1) is 0 Å². The molecule has 0 bridgehead atoms. The Labute approximate surface area is 134 Å². The Kier molecular flexibility index (Phi) is 4.29. The van der Waals surface area contributed by atoms with Crippen molar-refractivity contribution in [1.82, 2.24) is 0 Å². The van der Waals surface area contributed by atoms with E-state index in [2.05, 4.69) is 6.58 Å². The topological polar surface area (TPSA) is 27.7 Å². The molecule has 0 amide bonds. The van der Waals surface area contributed by atoms with E-state index in [1.807, 2.05) is 43.3 Å². The lowest BCUT2D eigenvalue weighted by Crippen LogP contribution is -1.98. The Bertz CT molecular complexity index is 692. The highest BCUT2D eigenvalue weighted by atomic mass is 32.2. The first-order chi connectivity index (χ1) is 10.7. The summed E-state index contributed by atoms with van der Waals surface area (Å²) in [4.78, 5) is 1.12. The number of hydrogen-bond donors (Lipinski definition) is 0. The Morgan fingerprint density at radius 1 is 1.27 bits per heavy atom. The number of hydrogen-bond acceptors (Lipinski definition) is 4. The van der Waals surface area contributed by atoms with Crippen LogP contribution in [0.3, 0.4) is 0 Å². The maximum absolute atomic E-state index is 5.80. The van der Waals surface area contributed by atoms with E-state index in [0.717, 1.165) is 38.8 Å². The molecular weight excluding hydrogens is 296 g/mol. The van der Waals surface area contributed by atoms with Gasteiger partial charge in [-0.2, -0.15) is 0 Å². The van der Waals surface area contributed by atoms with Crippen LogP contribution in [-0.4, -0.2) is 19.7 Å². The van der Waals surface area contributed by atoms with Crippen molar-refractivity contribution in [3.05, 3.63) is 54.1 Å². The van der Waals surface area contributed by atoms with Crippen LogP contribution in [0.25, 0.3) is 5.57 Å². The number of rotatable bonds is 5. The minimum atomic E-state index is 0.618. The van der Waals surface area contributed by atoms with Crippen molar-refractivity contribution in [3.63, 3.8) is 0 Å². The van der Waals surface area contributed by atoms with Crippen molar-refractivity contribution in [2.75, 3.05) is 19.7 Å². The highest BCUT2D eigenvalue weighted by Crippen LogP contribution is 2.43. The molecule has 4 heteroatoms. The zero-order valence-electron chi connectivity index (χ0n) is 12.7. The first-order valence-electron chi connectivity index (χ1n) is 7.13. The lowest BCUT2D eigenvalue weighted by molar-refractivity contribution is 0.336. The summed E-state index contributed by atoms with van der Waals surface area (Å²) in [5, 5.41) is 0. The SMILES string of the molecule is C=C(c1ccc(OC)cc1)c1cc2c(cc1OCC)SCO2. The largest absolute Gasteiger partial charge is 0.497 e. The number of fused-ring (bicyclic) bond motifs is 1. The van der Waals surface area contributed by atoms with Crippen LogP contribution >= 0.6 is 11.8 Å². The number of benzene rings is 2. The maximum Gasteiger partial charge on any atom is 0.138 e. The van der Waals surface area contributed by atoms with Gasteiger partial charge in [0.05, 0.1) is 18.6 Å². The standard InChI is InChI=1S/C18H18O3S/c1-4-20-16-10-18-17(21-11-22-18)9-15(16)12(2)13-5-7-14(19-3)8-6-13/h5-10H,2,4,11H2,1,3H3. The van der Waals surface area contributed by atoms with Crippen LogP contribution in [0.2, 0.25) is 0 Å². The van der Waals surface area contributed by atoms with Gasteiger partial charge in [0.15, 0.2) is 0 Å². The van der Waals surface area contributed by atoms with Crippen molar-refractivity contribution in [2.24, 2.45) is 0 Å². The van der Waals surface area contributed by atoms with E-state index in [9.17, 15) is 0 Å². The first kappa shape index (κ1) is 14.9. The third-order valence-electron chi connectivity index (χ3n) is 3.54. The summed E-state index contributed by atoms with van der Waals surface area (Å²) in [7, 11) is 1.66. The van der Waals surface area contributed by atoms with Gasteiger partial charge < -0.3 is 14.2 Å². The van der Waals surface area contributed by atoms with Crippen molar-refractivity contribution in [3.8, 4) is 17.2 Å². The van der Waals surface area contributed by atoms with Crippen molar-refractivity contribution < 1.29 is 14.2 Å². The smallest absolute Gasteiger partial charge is 0.138 e. The number of methoxy groups -OCH3 is 1. The van der Waals surface area contributed by atoms with Crippen LogP contribution in [0, 0.1) is 0 Å². The van der Waals surface area contributed by atoms with Crippen LogP contribution in [-0.2, 0) is 0 Å². The molecule has 0 spiro atoms. The van der Waals surface area contributed by atoms with Crippen molar-refractivity contribution >= 4 is 17.3 Å². The van der Waals surface area contributed by atoms with E-state index in [0.29, 0.717) is 12.5 Å². The Morgan fingerprint density at radius 2 is 2.05 bits per heavy atom. The monoisotopic (exact) mass is 314 g/mol. The summed E-state index contributed by atoms with van der Waals surface area (Å²) in [6, 6.07) is 11.9. The van der Waals surface area contributed by atoms with Gasteiger partial charge in [-0.1, -0.05) is 30.5 Å². The molecular formula is C18H18O3S. The molecule has 114 valence electrons. The molecule has 22 heavy (non-hydrogen) atoms. The highest BCUT2D eigenvalue weighted by molar-refractivity contribution is 7.99. The predicted octanol–water partition coefficient (Wildman–Crippen LogP) is 4.60. The second-order valence-electron chi connectivity index (χ2n) is 4.84. The van der Waals surface area contributed by atoms with E-state index in [4.69, 9.17) is 14.2 Å². The second kappa shape index (κ2) is 6.36. The summed E-state index contributed by atoms with van der Waals surface area (Å²) in [6.45, 7) is 6.84. The van der Waals surface area contributed by atoms with Crippen LogP contribution in [0.4, 0.5) is 0 Å². The molecule has 3 nitrogen and oxygen atoms in total. The minimum Gasteiger partial charge on any atom is -0.497 e. The van der Waals surface area contributed by atoms with Crippen LogP contribution in [0.5, 0.6) is 17.2 Å². The van der Waals surface area contributed by atoms with Crippen LogP contribution in [0.15, 0.2) is 47.9 Å². The van der Waals surface area contributed by atoms with E-state index < -0.39 is 0 Å². The third kappa shape index (κ3) is 2.79. The Hall–Kier alpha value is -2.07. The summed E-state index contributed by atoms with van der Waals surface area (Å²) in [5.74, 6) is 3.23.